The molecule has 1 rings (SSSR count). The Kier molecular flexibility index (Phi) is 2.69. The Morgan fingerprint density at radius 1 is 1.50 bits per heavy atom. The van der Waals surface area contributed by atoms with Crippen molar-refractivity contribution < 1.29 is 4.74 Å². The van der Waals surface area contributed by atoms with Crippen molar-refractivity contribution in [2.45, 2.75) is 31.9 Å². The van der Waals surface area contributed by atoms with E-state index in [2.05, 4.69) is 25.9 Å². The van der Waals surface area contributed by atoms with E-state index in [9.17, 15) is 0 Å². The number of rotatable bonds is 2. The first kappa shape index (κ1) is 8.02. The molecule has 0 saturated carbocycles. The summed E-state index contributed by atoms with van der Waals surface area (Å²) in [7, 11) is 4.25. The summed E-state index contributed by atoms with van der Waals surface area (Å²) in [6, 6.07) is 0.657. The van der Waals surface area contributed by atoms with Crippen LogP contribution in [-0.4, -0.2) is 37.7 Å². The third-order valence-electron chi connectivity index (χ3n) is 2.24. The highest BCUT2D eigenvalue weighted by Crippen LogP contribution is 2.19. The smallest absolute Gasteiger partial charge is 0.0728 e. The molecule has 1 saturated heterocycles. The molecule has 0 aromatic carbocycles. The predicted molar refractivity (Wildman–Crippen MR) is 42.1 cm³/mol. The summed E-state index contributed by atoms with van der Waals surface area (Å²) in [6.07, 6.45) is 2.82. The Morgan fingerprint density at radius 2 is 2.20 bits per heavy atom. The van der Waals surface area contributed by atoms with Gasteiger partial charge in [0.2, 0.25) is 0 Å². The number of nitrogens with zero attached hydrogens (tertiary/aromatic N) is 1. The molecule has 60 valence electrons. The molecule has 2 heteroatoms. The monoisotopic (exact) mass is 143 g/mol. The lowest BCUT2D eigenvalue weighted by molar-refractivity contribution is 0.0741. The fourth-order valence-corrected chi connectivity index (χ4v) is 1.62. The molecule has 0 aromatic heterocycles. The second-order valence-electron chi connectivity index (χ2n) is 3.14. The lowest BCUT2D eigenvalue weighted by atomic mass is 10.1. The van der Waals surface area contributed by atoms with Gasteiger partial charge in [0.1, 0.15) is 0 Å². The molecule has 10 heavy (non-hydrogen) atoms. The Balaban J connectivity index is 2.42. The van der Waals surface area contributed by atoms with Crippen LogP contribution in [0.25, 0.3) is 0 Å². The SMILES string of the molecule is CCC1OCCC1N(C)C. The van der Waals surface area contributed by atoms with Crippen LogP contribution in [0.4, 0.5) is 0 Å². The Bertz CT molecular complexity index is 103. The minimum atomic E-state index is 0.481. The van der Waals surface area contributed by atoms with Crippen molar-refractivity contribution in [3.05, 3.63) is 0 Å². The largest absolute Gasteiger partial charge is 0.377 e. The van der Waals surface area contributed by atoms with E-state index in [1.165, 1.54) is 6.42 Å². The van der Waals surface area contributed by atoms with Gasteiger partial charge >= 0.3 is 0 Å². The molecular formula is C8H17NO. The van der Waals surface area contributed by atoms with Crippen molar-refractivity contribution in [2.75, 3.05) is 20.7 Å². The molecule has 0 aromatic rings. The van der Waals surface area contributed by atoms with Crippen LogP contribution >= 0.6 is 0 Å². The zero-order valence-electron chi connectivity index (χ0n) is 7.13. The zero-order chi connectivity index (χ0) is 7.56. The minimum absolute atomic E-state index is 0.481. The summed E-state index contributed by atoms with van der Waals surface area (Å²) in [5.41, 5.74) is 0. The third kappa shape index (κ3) is 1.50. The average Bonchev–Trinajstić information content (AvgIpc) is 2.33. The van der Waals surface area contributed by atoms with Gasteiger partial charge in [0.25, 0.3) is 0 Å². The molecule has 1 aliphatic heterocycles. The molecule has 0 aliphatic carbocycles. The third-order valence-corrected chi connectivity index (χ3v) is 2.24. The lowest BCUT2D eigenvalue weighted by Crippen LogP contribution is -2.34. The summed E-state index contributed by atoms with van der Waals surface area (Å²) in [5, 5.41) is 0. The Labute approximate surface area is 63.2 Å². The van der Waals surface area contributed by atoms with Crippen molar-refractivity contribution in [1.29, 1.82) is 0 Å². The fraction of sp³-hybridized carbons (Fsp3) is 1.00. The quantitative estimate of drug-likeness (QED) is 0.574. The highest BCUT2D eigenvalue weighted by atomic mass is 16.5. The zero-order valence-corrected chi connectivity index (χ0v) is 7.13. The molecule has 1 heterocycles. The van der Waals surface area contributed by atoms with E-state index in [0.29, 0.717) is 12.1 Å². The first-order valence-corrected chi connectivity index (χ1v) is 4.03. The lowest BCUT2D eigenvalue weighted by Gasteiger charge is -2.23. The standard InChI is InChI=1S/C8H17NO/c1-4-8-7(9(2)3)5-6-10-8/h7-8H,4-6H2,1-3H3. The van der Waals surface area contributed by atoms with Crippen LogP contribution in [0.5, 0.6) is 0 Å². The maximum Gasteiger partial charge on any atom is 0.0728 e. The Hall–Kier alpha value is -0.0800. The summed E-state index contributed by atoms with van der Waals surface area (Å²) in [5.74, 6) is 0. The van der Waals surface area contributed by atoms with Crippen molar-refractivity contribution in [2.24, 2.45) is 0 Å². The predicted octanol–water partition coefficient (Wildman–Crippen LogP) is 1.12. The second kappa shape index (κ2) is 3.35. The second-order valence-corrected chi connectivity index (χ2v) is 3.14. The van der Waals surface area contributed by atoms with E-state index < -0.39 is 0 Å². The Morgan fingerprint density at radius 3 is 2.60 bits per heavy atom. The highest BCUT2D eigenvalue weighted by molar-refractivity contribution is 4.80. The number of likely N-dealkylation sites (N-methyl/N-ethyl adjacent to an activating group) is 1. The maximum absolute atomic E-state index is 5.53. The van der Waals surface area contributed by atoms with Gasteiger partial charge in [-0.05, 0) is 26.9 Å². The van der Waals surface area contributed by atoms with Crippen LogP contribution in [0, 0.1) is 0 Å². The average molecular weight is 143 g/mol. The summed E-state index contributed by atoms with van der Waals surface area (Å²) in [4.78, 5) is 2.27. The van der Waals surface area contributed by atoms with Gasteiger partial charge in [0, 0.05) is 12.6 Å². The maximum atomic E-state index is 5.53. The summed E-state index contributed by atoms with van der Waals surface area (Å²) >= 11 is 0. The van der Waals surface area contributed by atoms with Crippen LogP contribution in [0.3, 0.4) is 0 Å². The van der Waals surface area contributed by atoms with Gasteiger partial charge < -0.3 is 9.64 Å². The minimum Gasteiger partial charge on any atom is -0.377 e. The van der Waals surface area contributed by atoms with Crippen LogP contribution in [0.1, 0.15) is 19.8 Å². The first-order chi connectivity index (χ1) is 4.75. The van der Waals surface area contributed by atoms with Crippen molar-refractivity contribution in [1.82, 2.24) is 4.90 Å². The van der Waals surface area contributed by atoms with Gasteiger partial charge in [-0.25, -0.2) is 0 Å². The fourth-order valence-electron chi connectivity index (χ4n) is 1.62. The van der Waals surface area contributed by atoms with Crippen LogP contribution in [0.15, 0.2) is 0 Å². The van der Waals surface area contributed by atoms with E-state index >= 15 is 0 Å². The van der Waals surface area contributed by atoms with Gasteiger partial charge in [-0.1, -0.05) is 6.92 Å². The molecule has 2 nitrogen and oxygen atoms in total. The van der Waals surface area contributed by atoms with Gasteiger partial charge in [-0.2, -0.15) is 0 Å². The van der Waals surface area contributed by atoms with Crippen LogP contribution in [0.2, 0.25) is 0 Å². The molecule has 0 spiro atoms. The highest BCUT2D eigenvalue weighted by Gasteiger charge is 2.27. The molecular weight excluding hydrogens is 126 g/mol. The molecule has 0 bridgehead atoms. The van der Waals surface area contributed by atoms with E-state index in [0.717, 1.165) is 13.0 Å². The van der Waals surface area contributed by atoms with Crippen molar-refractivity contribution >= 4 is 0 Å². The summed E-state index contributed by atoms with van der Waals surface area (Å²) in [6.45, 7) is 3.13. The molecule has 0 amide bonds. The molecule has 2 unspecified atom stereocenters. The van der Waals surface area contributed by atoms with Gasteiger partial charge in [-0.15, -0.1) is 0 Å². The molecule has 1 fully saturated rings. The van der Waals surface area contributed by atoms with E-state index in [1.807, 2.05) is 0 Å². The molecule has 2 atom stereocenters. The van der Waals surface area contributed by atoms with Crippen molar-refractivity contribution in [3.8, 4) is 0 Å². The van der Waals surface area contributed by atoms with Gasteiger partial charge in [0.05, 0.1) is 6.10 Å². The molecule has 0 radical (unpaired) electrons. The van der Waals surface area contributed by atoms with Gasteiger partial charge in [-0.3, -0.25) is 0 Å². The summed E-state index contributed by atoms with van der Waals surface area (Å²) < 4.78 is 5.53. The van der Waals surface area contributed by atoms with Gasteiger partial charge in [0.15, 0.2) is 0 Å². The molecule has 1 aliphatic rings. The van der Waals surface area contributed by atoms with E-state index in [-0.39, 0.29) is 0 Å². The topological polar surface area (TPSA) is 12.5 Å². The number of ether oxygens (including phenoxy) is 1. The van der Waals surface area contributed by atoms with E-state index in [4.69, 9.17) is 4.74 Å². The van der Waals surface area contributed by atoms with Crippen LogP contribution in [-0.2, 0) is 4.74 Å². The normalized spacial score (nSPS) is 33.6. The number of hydrogen-bond acceptors (Lipinski definition) is 2. The van der Waals surface area contributed by atoms with Crippen molar-refractivity contribution in [3.63, 3.8) is 0 Å². The van der Waals surface area contributed by atoms with Crippen LogP contribution < -0.4 is 0 Å². The molecule has 0 N–H and O–H groups in total. The first-order valence-electron chi connectivity index (χ1n) is 4.03. The number of hydrogen-bond donors (Lipinski definition) is 0. The van der Waals surface area contributed by atoms with E-state index in [1.54, 1.807) is 0 Å².